The van der Waals surface area contributed by atoms with Gasteiger partial charge in [0.1, 0.15) is 5.75 Å². The Bertz CT molecular complexity index is 605. The zero-order chi connectivity index (χ0) is 13.3. The first-order valence-electron chi connectivity index (χ1n) is 5.02. The molecule has 2 aromatic rings. The van der Waals surface area contributed by atoms with E-state index < -0.39 is 0 Å². The molecule has 0 aliphatic carbocycles. The summed E-state index contributed by atoms with van der Waals surface area (Å²) in [5.74, 6) is 0.975. The number of hydrogen-bond donors (Lipinski definition) is 1. The van der Waals surface area contributed by atoms with Gasteiger partial charge in [0.25, 0.3) is 0 Å². The number of halogens is 3. The number of benzene rings is 1. The summed E-state index contributed by atoms with van der Waals surface area (Å²) < 4.78 is 7.28. The van der Waals surface area contributed by atoms with Crippen molar-refractivity contribution in [2.24, 2.45) is 0 Å². The molecular formula is C12H9Br2ClN2O. The lowest BCUT2D eigenvalue weighted by Crippen LogP contribution is -1.96. The Morgan fingerprint density at radius 2 is 2.06 bits per heavy atom. The van der Waals surface area contributed by atoms with Crippen LogP contribution < -0.4 is 10.5 Å². The van der Waals surface area contributed by atoms with Gasteiger partial charge in [-0.25, -0.2) is 4.98 Å². The standard InChI is InChI=1S/C12H9Br2ClN2O/c1-6-9(16)5-17-12(11(6)14)18-10-3-2-7(13)4-8(10)15/h2-5H,16H2,1H3. The number of rotatable bonds is 2. The molecule has 1 aromatic carbocycles. The van der Waals surface area contributed by atoms with Gasteiger partial charge in [-0.3, -0.25) is 0 Å². The molecule has 0 spiro atoms. The van der Waals surface area contributed by atoms with E-state index in [1.165, 1.54) is 0 Å². The average Bonchev–Trinajstić information content (AvgIpc) is 2.33. The number of ether oxygens (including phenoxy) is 1. The van der Waals surface area contributed by atoms with Crippen molar-refractivity contribution in [1.29, 1.82) is 0 Å². The van der Waals surface area contributed by atoms with Crippen LogP contribution in [0.5, 0.6) is 11.6 Å². The summed E-state index contributed by atoms with van der Waals surface area (Å²) in [6.45, 7) is 1.89. The number of nitrogen functional groups attached to an aromatic ring is 1. The third-order valence-electron chi connectivity index (χ3n) is 2.37. The highest BCUT2D eigenvalue weighted by Gasteiger charge is 2.11. The molecule has 0 aliphatic heterocycles. The Hall–Kier alpha value is -0.780. The maximum atomic E-state index is 6.08. The topological polar surface area (TPSA) is 48.1 Å². The van der Waals surface area contributed by atoms with Crippen molar-refractivity contribution in [3.8, 4) is 11.6 Å². The van der Waals surface area contributed by atoms with Gasteiger partial charge >= 0.3 is 0 Å². The van der Waals surface area contributed by atoms with Crippen LogP contribution in [0.1, 0.15) is 5.56 Å². The van der Waals surface area contributed by atoms with Crippen LogP contribution in [0.3, 0.4) is 0 Å². The fraction of sp³-hybridized carbons (Fsp3) is 0.0833. The van der Waals surface area contributed by atoms with E-state index in [2.05, 4.69) is 36.8 Å². The van der Waals surface area contributed by atoms with Gasteiger partial charge in [-0.2, -0.15) is 0 Å². The Morgan fingerprint density at radius 3 is 2.72 bits per heavy atom. The van der Waals surface area contributed by atoms with E-state index in [9.17, 15) is 0 Å². The predicted molar refractivity (Wildman–Crippen MR) is 80.3 cm³/mol. The molecule has 6 heteroatoms. The van der Waals surface area contributed by atoms with Crippen LogP contribution in [0.4, 0.5) is 5.69 Å². The second-order valence-corrected chi connectivity index (χ2v) is 5.75. The zero-order valence-electron chi connectivity index (χ0n) is 9.38. The van der Waals surface area contributed by atoms with E-state index in [1.54, 1.807) is 18.3 Å². The minimum Gasteiger partial charge on any atom is -0.436 e. The molecule has 0 amide bonds. The first-order chi connectivity index (χ1) is 8.49. The first-order valence-corrected chi connectivity index (χ1v) is 6.99. The average molecular weight is 392 g/mol. The lowest BCUT2D eigenvalue weighted by molar-refractivity contribution is 0.459. The molecular weight excluding hydrogens is 383 g/mol. The number of hydrogen-bond acceptors (Lipinski definition) is 3. The highest BCUT2D eigenvalue weighted by Crippen LogP contribution is 2.36. The molecule has 1 aromatic heterocycles. The van der Waals surface area contributed by atoms with Crippen molar-refractivity contribution in [2.75, 3.05) is 5.73 Å². The second-order valence-electron chi connectivity index (χ2n) is 3.63. The smallest absolute Gasteiger partial charge is 0.234 e. The van der Waals surface area contributed by atoms with Gasteiger partial charge in [-0.15, -0.1) is 0 Å². The fourth-order valence-corrected chi connectivity index (χ4v) is 2.43. The van der Waals surface area contributed by atoms with Gasteiger partial charge in [-0.05, 0) is 46.6 Å². The Balaban J connectivity index is 2.37. The second kappa shape index (κ2) is 5.47. The number of nitrogens with two attached hydrogens (primary N) is 1. The molecule has 18 heavy (non-hydrogen) atoms. The van der Waals surface area contributed by atoms with Crippen molar-refractivity contribution in [3.05, 3.63) is 43.9 Å². The van der Waals surface area contributed by atoms with Crippen molar-refractivity contribution in [3.63, 3.8) is 0 Å². The van der Waals surface area contributed by atoms with Crippen LogP contribution in [0.15, 0.2) is 33.3 Å². The normalized spacial score (nSPS) is 10.4. The number of aromatic nitrogens is 1. The largest absolute Gasteiger partial charge is 0.436 e. The molecule has 0 atom stereocenters. The summed E-state index contributed by atoms with van der Waals surface area (Å²) in [5, 5.41) is 0.507. The molecule has 3 nitrogen and oxygen atoms in total. The van der Waals surface area contributed by atoms with E-state index in [0.717, 1.165) is 14.5 Å². The molecule has 0 unspecified atom stereocenters. The number of nitrogens with zero attached hydrogens (tertiary/aromatic N) is 1. The van der Waals surface area contributed by atoms with Crippen LogP contribution >= 0.6 is 43.5 Å². The maximum Gasteiger partial charge on any atom is 0.234 e. The van der Waals surface area contributed by atoms with Gasteiger partial charge in [0.05, 0.1) is 21.4 Å². The van der Waals surface area contributed by atoms with Crippen LogP contribution in [-0.4, -0.2) is 4.98 Å². The molecule has 0 bridgehead atoms. The molecule has 1 heterocycles. The Kier molecular flexibility index (Phi) is 4.14. The Labute approximate surface area is 127 Å². The summed E-state index contributed by atoms with van der Waals surface area (Å²) in [7, 11) is 0. The molecule has 0 aliphatic rings. The van der Waals surface area contributed by atoms with Gasteiger partial charge in [0.2, 0.25) is 5.88 Å². The molecule has 0 radical (unpaired) electrons. The van der Waals surface area contributed by atoms with Gasteiger partial charge in [-0.1, -0.05) is 27.5 Å². The van der Waals surface area contributed by atoms with Crippen molar-refractivity contribution in [1.82, 2.24) is 4.98 Å². The predicted octanol–water partition coefficient (Wildman–Crippen LogP) is 4.94. The summed E-state index contributed by atoms with van der Waals surface area (Å²) >= 11 is 12.8. The zero-order valence-corrected chi connectivity index (χ0v) is 13.3. The number of pyridine rings is 1. The SMILES string of the molecule is Cc1c(N)cnc(Oc2ccc(Br)cc2Cl)c1Br. The van der Waals surface area contributed by atoms with E-state index in [-0.39, 0.29) is 0 Å². The fourth-order valence-electron chi connectivity index (χ4n) is 1.30. The monoisotopic (exact) mass is 390 g/mol. The highest BCUT2D eigenvalue weighted by atomic mass is 79.9. The summed E-state index contributed by atoms with van der Waals surface area (Å²) in [4.78, 5) is 4.13. The molecule has 2 N–H and O–H groups in total. The van der Waals surface area contributed by atoms with E-state index in [4.69, 9.17) is 22.1 Å². The molecule has 0 saturated carbocycles. The molecule has 2 rings (SSSR count). The summed E-state index contributed by atoms with van der Waals surface area (Å²) in [6, 6.07) is 5.38. The third kappa shape index (κ3) is 2.79. The van der Waals surface area contributed by atoms with E-state index >= 15 is 0 Å². The maximum absolute atomic E-state index is 6.08. The highest BCUT2D eigenvalue weighted by molar-refractivity contribution is 9.10. The van der Waals surface area contributed by atoms with Crippen LogP contribution in [0.25, 0.3) is 0 Å². The van der Waals surface area contributed by atoms with Crippen molar-refractivity contribution < 1.29 is 4.74 Å². The third-order valence-corrected chi connectivity index (χ3v) is 4.09. The minimum absolute atomic E-state index is 0.436. The van der Waals surface area contributed by atoms with Gasteiger partial charge < -0.3 is 10.5 Å². The van der Waals surface area contributed by atoms with Crippen LogP contribution in [0.2, 0.25) is 5.02 Å². The molecule has 0 saturated heterocycles. The molecule has 0 fully saturated rings. The van der Waals surface area contributed by atoms with Gasteiger partial charge in [0, 0.05) is 4.47 Å². The minimum atomic E-state index is 0.436. The van der Waals surface area contributed by atoms with Gasteiger partial charge in [0.15, 0.2) is 0 Å². The lowest BCUT2D eigenvalue weighted by Gasteiger charge is -2.11. The Morgan fingerprint density at radius 1 is 1.33 bits per heavy atom. The van der Waals surface area contributed by atoms with Crippen molar-refractivity contribution >= 4 is 49.1 Å². The summed E-state index contributed by atoms with van der Waals surface area (Å²) in [6.07, 6.45) is 1.56. The van der Waals surface area contributed by atoms with Crippen molar-refractivity contribution in [2.45, 2.75) is 6.92 Å². The first kappa shape index (κ1) is 13.6. The number of anilines is 1. The quantitative estimate of drug-likeness (QED) is 0.787. The summed E-state index contributed by atoms with van der Waals surface area (Å²) in [5.41, 5.74) is 7.24. The lowest BCUT2D eigenvalue weighted by atomic mass is 10.2. The van der Waals surface area contributed by atoms with E-state index in [0.29, 0.717) is 22.3 Å². The van der Waals surface area contributed by atoms with Crippen LogP contribution in [-0.2, 0) is 0 Å². The van der Waals surface area contributed by atoms with Crippen LogP contribution in [0, 0.1) is 6.92 Å². The van der Waals surface area contributed by atoms with E-state index in [1.807, 2.05) is 13.0 Å². The molecule has 94 valence electrons.